The van der Waals surface area contributed by atoms with Crippen molar-refractivity contribution in [3.63, 3.8) is 0 Å². The molecule has 0 atom stereocenters. The molecule has 0 aliphatic carbocycles. The zero-order valence-electron chi connectivity index (χ0n) is 8.59. The fourth-order valence-corrected chi connectivity index (χ4v) is 1.72. The summed E-state index contributed by atoms with van der Waals surface area (Å²) in [5.41, 5.74) is 1.03. The Morgan fingerprint density at radius 3 is 2.93 bits per heavy atom. The number of methoxy groups -OCH3 is 1. The summed E-state index contributed by atoms with van der Waals surface area (Å²) >= 11 is 3.41. The quantitative estimate of drug-likeness (QED) is 0.835. The van der Waals surface area contributed by atoms with Crippen LogP contribution in [0.4, 0.5) is 5.69 Å². The Bertz CT molecular complexity index is 360. The zero-order valence-corrected chi connectivity index (χ0v) is 10.2. The molecule has 3 nitrogen and oxygen atoms in total. The summed E-state index contributed by atoms with van der Waals surface area (Å²) in [6.07, 6.45) is 1.45. The van der Waals surface area contributed by atoms with Crippen LogP contribution in [-0.2, 0) is 0 Å². The molecule has 0 saturated heterocycles. The van der Waals surface area contributed by atoms with Crippen LogP contribution in [0.2, 0.25) is 0 Å². The van der Waals surface area contributed by atoms with Crippen LogP contribution in [-0.4, -0.2) is 13.7 Å². The van der Waals surface area contributed by atoms with Crippen LogP contribution in [0.15, 0.2) is 22.7 Å². The van der Waals surface area contributed by atoms with Crippen molar-refractivity contribution in [3.8, 4) is 11.8 Å². The van der Waals surface area contributed by atoms with E-state index in [0.29, 0.717) is 6.42 Å². The van der Waals surface area contributed by atoms with Gasteiger partial charge in [-0.25, -0.2) is 0 Å². The molecule has 0 spiro atoms. The summed E-state index contributed by atoms with van der Waals surface area (Å²) in [6.45, 7) is 0.812. The standard InChI is InChI=1S/C11H13BrN2O/c1-15-11-5-4-9(8-10(11)12)14-7-3-2-6-13/h4-5,8,14H,2-3,7H2,1H3. The van der Waals surface area contributed by atoms with E-state index >= 15 is 0 Å². The molecule has 4 heteroatoms. The topological polar surface area (TPSA) is 45.0 Å². The first-order valence-electron chi connectivity index (χ1n) is 4.72. The van der Waals surface area contributed by atoms with Crippen LogP contribution < -0.4 is 10.1 Å². The van der Waals surface area contributed by atoms with Gasteiger partial charge < -0.3 is 10.1 Å². The lowest BCUT2D eigenvalue weighted by Gasteiger charge is -2.08. The number of unbranched alkanes of at least 4 members (excludes halogenated alkanes) is 1. The Labute approximate surface area is 98.2 Å². The van der Waals surface area contributed by atoms with Crippen LogP contribution >= 0.6 is 15.9 Å². The molecule has 1 rings (SSSR count). The second-order valence-electron chi connectivity index (χ2n) is 3.04. The number of nitrogens with zero attached hydrogens (tertiary/aromatic N) is 1. The third-order valence-corrected chi connectivity index (χ3v) is 2.57. The number of anilines is 1. The average Bonchev–Trinajstić information content (AvgIpc) is 2.25. The van der Waals surface area contributed by atoms with Crippen molar-refractivity contribution < 1.29 is 4.74 Å². The maximum absolute atomic E-state index is 8.37. The van der Waals surface area contributed by atoms with E-state index in [2.05, 4.69) is 27.3 Å². The molecule has 80 valence electrons. The maximum atomic E-state index is 8.37. The number of halogens is 1. The highest BCUT2D eigenvalue weighted by Crippen LogP contribution is 2.27. The lowest BCUT2D eigenvalue weighted by molar-refractivity contribution is 0.412. The average molecular weight is 269 g/mol. The fourth-order valence-electron chi connectivity index (χ4n) is 1.18. The fraction of sp³-hybridized carbons (Fsp3) is 0.364. The highest BCUT2D eigenvalue weighted by molar-refractivity contribution is 9.10. The molecule has 0 aliphatic rings. The van der Waals surface area contributed by atoms with E-state index in [1.165, 1.54) is 0 Å². The number of ether oxygens (including phenoxy) is 1. The monoisotopic (exact) mass is 268 g/mol. The Morgan fingerprint density at radius 1 is 1.53 bits per heavy atom. The van der Waals surface area contributed by atoms with Crippen molar-refractivity contribution in [2.75, 3.05) is 19.0 Å². The van der Waals surface area contributed by atoms with E-state index in [4.69, 9.17) is 10.00 Å². The van der Waals surface area contributed by atoms with Gasteiger partial charge in [-0.2, -0.15) is 5.26 Å². The maximum Gasteiger partial charge on any atom is 0.133 e. The predicted octanol–water partition coefficient (Wildman–Crippen LogP) is 3.17. The number of nitriles is 1. The molecular formula is C11H13BrN2O. The number of nitrogens with one attached hydrogen (secondary N) is 1. The molecular weight excluding hydrogens is 256 g/mol. The summed E-state index contributed by atoms with van der Waals surface area (Å²) in [5, 5.41) is 11.6. The van der Waals surface area contributed by atoms with Gasteiger partial charge in [0.1, 0.15) is 5.75 Å². The molecule has 1 aromatic rings. The van der Waals surface area contributed by atoms with Gasteiger partial charge in [-0.3, -0.25) is 0 Å². The van der Waals surface area contributed by atoms with E-state index in [1.807, 2.05) is 18.2 Å². The van der Waals surface area contributed by atoms with Gasteiger partial charge in [0.05, 0.1) is 17.7 Å². The number of benzene rings is 1. The van der Waals surface area contributed by atoms with Crippen molar-refractivity contribution in [2.24, 2.45) is 0 Å². The van der Waals surface area contributed by atoms with Gasteiger partial charge in [-0.15, -0.1) is 0 Å². The SMILES string of the molecule is COc1ccc(NCCCC#N)cc1Br. The molecule has 0 aromatic heterocycles. The summed E-state index contributed by atoms with van der Waals surface area (Å²) in [5.74, 6) is 0.817. The third kappa shape index (κ3) is 3.80. The third-order valence-electron chi connectivity index (χ3n) is 1.95. The first-order valence-corrected chi connectivity index (χ1v) is 5.51. The molecule has 15 heavy (non-hydrogen) atoms. The van der Waals surface area contributed by atoms with E-state index in [9.17, 15) is 0 Å². The molecule has 0 unspecified atom stereocenters. The van der Waals surface area contributed by atoms with Gasteiger partial charge in [-0.05, 0) is 40.5 Å². The Balaban J connectivity index is 2.49. The molecule has 0 amide bonds. The van der Waals surface area contributed by atoms with Gasteiger partial charge in [0.2, 0.25) is 0 Å². The molecule has 0 bridgehead atoms. The van der Waals surface area contributed by atoms with E-state index in [-0.39, 0.29) is 0 Å². The van der Waals surface area contributed by atoms with Gasteiger partial charge in [0, 0.05) is 18.7 Å². The summed E-state index contributed by atoms with van der Waals surface area (Å²) in [6, 6.07) is 7.93. The summed E-state index contributed by atoms with van der Waals surface area (Å²) in [4.78, 5) is 0. The summed E-state index contributed by atoms with van der Waals surface area (Å²) in [7, 11) is 1.64. The highest BCUT2D eigenvalue weighted by atomic mass is 79.9. The Kier molecular flexibility index (Phi) is 4.99. The Hall–Kier alpha value is -1.21. The normalized spacial score (nSPS) is 9.40. The zero-order chi connectivity index (χ0) is 11.1. The molecule has 0 heterocycles. The number of hydrogen-bond acceptors (Lipinski definition) is 3. The molecule has 1 N–H and O–H groups in total. The molecule has 0 fully saturated rings. The predicted molar refractivity (Wildman–Crippen MR) is 64.0 cm³/mol. The first kappa shape index (κ1) is 11.9. The van der Waals surface area contributed by atoms with E-state index in [1.54, 1.807) is 7.11 Å². The molecule has 1 aromatic carbocycles. The minimum Gasteiger partial charge on any atom is -0.496 e. The van der Waals surface area contributed by atoms with Crippen LogP contribution in [0.3, 0.4) is 0 Å². The second-order valence-corrected chi connectivity index (χ2v) is 3.89. The lowest BCUT2D eigenvalue weighted by atomic mass is 10.3. The van der Waals surface area contributed by atoms with Crippen molar-refractivity contribution in [3.05, 3.63) is 22.7 Å². The van der Waals surface area contributed by atoms with Crippen LogP contribution in [0.5, 0.6) is 5.75 Å². The molecule has 0 aliphatic heterocycles. The van der Waals surface area contributed by atoms with Crippen molar-refractivity contribution >= 4 is 21.6 Å². The van der Waals surface area contributed by atoms with Crippen molar-refractivity contribution in [2.45, 2.75) is 12.8 Å². The lowest BCUT2D eigenvalue weighted by Crippen LogP contribution is -2.00. The van der Waals surface area contributed by atoms with Gasteiger partial charge in [0.25, 0.3) is 0 Å². The molecule has 0 saturated carbocycles. The molecule has 0 radical (unpaired) electrons. The van der Waals surface area contributed by atoms with Gasteiger partial charge in [0.15, 0.2) is 0 Å². The smallest absolute Gasteiger partial charge is 0.133 e. The first-order chi connectivity index (χ1) is 7.27. The Morgan fingerprint density at radius 2 is 2.33 bits per heavy atom. The minimum atomic E-state index is 0.588. The van der Waals surface area contributed by atoms with E-state index in [0.717, 1.165) is 28.9 Å². The van der Waals surface area contributed by atoms with Crippen LogP contribution in [0.1, 0.15) is 12.8 Å². The largest absolute Gasteiger partial charge is 0.496 e. The van der Waals surface area contributed by atoms with Crippen molar-refractivity contribution in [1.29, 1.82) is 5.26 Å². The minimum absolute atomic E-state index is 0.588. The van der Waals surface area contributed by atoms with Crippen LogP contribution in [0.25, 0.3) is 0 Å². The van der Waals surface area contributed by atoms with E-state index < -0.39 is 0 Å². The van der Waals surface area contributed by atoms with Crippen LogP contribution in [0, 0.1) is 11.3 Å². The second kappa shape index (κ2) is 6.31. The highest BCUT2D eigenvalue weighted by Gasteiger charge is 2.00. The summed E-state index contributed by atoms with van der Waals surface area (Å²) < 4.78 is 6.05. The number of hydrogen-bond donors (Lipinski definition) is 1. The van der Waals surface area contributed by atoms with Crippen molar-refractivity contribution in [1.82, 2.24) is 0 Å². The van der Waals surface area contributed by atoms with Gasteiger partial charge in [-0.1, -0.05) is 0 Å². The van der Waals surface area contributed by atoms with Gasteiger partial charge >= 0.3 is 0 Å². The number of rotatable bonds is 5.